The maximum atomic E-state index is 12.5. The molecule has 1 saturated heterocycles. The van der Waals surface area contributed by atoms with E-state index in [9.17, 15) is 9.59 Å². The van der Waals surface area contributed by atoms with Crippen molar-refractivity contribution in [1.82, 2.24) is 9.88 Å². The fourth-order valence-electron chi connectivity index (χ4n) is 3.54. The number of pyridine rings is 1. The molecule has 1 aromatic heterocycles. The predicted molar refractivity (Wildman–Crippen MR) is 119 cm³/mol. The van der Waals surface area contributed by atoms with Crippen molar-refractivity contribution in [2.75, 3.05) is 44.8 Å². The monoisotopic (exact) mass is 439 g/mol. The average molecular weight is 440 g/mol. The molecular formula is C23H22ClN3O4. The third kappa shape index (κ3) is 4.88. The number of benzene rings is 2. The molecule has 0 radical (unpaired) electrons. The van der Waals surface area contributed by atoms with Crippen LogP contribution in [0.1, 0.15) is 10.4 Å². The number of rotatable bonds is 5. The SMILES string of the molecule is COc1ccc(N2CCN(C(=O)COC(=O)c3ccc4nc(Cl)ccc4c3)CC2)cc1. The molecule has 0 aliphatic carbocycles. The van der Waals surface area contributed by atoms with Gasteiger partial charge in [-0.15, -0.1) is 0 Å². The largest absolute Gasteiger partial charge is 0.497 e. The molecule has 3 aromatic rings. The lowest BCUT2D eigenvalue weighted by Gasteiger charge is -2.36. The Labute approximate surface area is 185 Å². The molecule has 2 heterocycles. The number of fused-ring (bicyclic) bond motifs is 1. The first-order valence-corrected chi connectivity index (χ1v) is 10.3. The highest BCUT2D eigenvalue weighted by molar-refractivity contribution is 6.29. The summed E-state index contributed by atoms with van der Waals surface area (Å²) in [5.74, 6) is 0.0740. The van der Waals surface area contributed by atoms with Gasteiger partial charge in [0, 0.05) is 37.3 Å². The quantitative estimate of drug-likeness (QED) is 0.448. The van der Waals surface area contributed by atoms with E-state index in [0.29, 0.717) is 42.4 Å². The highest BCUT2D eigenvalue weighted by Crippen LogP contribution is 2.21. The van der Waals surface area contributed by atoms with Crippen LogP contribution in [0.2, 0.25) is 5.15 Å². The Morgan fingerprint density at radius 2 is 1.74 bits per heavy atom. The molecule has 0 unspecified atom stereocenters. The maximum Gasteiger partial charge on any atom is 0.338 e. The smallest absolute Gasteiger partial charge is 0.338 e. The summed E-state index contributed by atoms with van der Waals surface area (Å²) in [5, 5.41) is 1.17. The predicted octanol–water partition coefficient (Wildman–Crippen LogP) is 3.40. The van der Waals surface area contributed by atoms with E-state index in [4.69, 9.17) is 21.1 Å². The van der Waals surface area contributed by atoms with Crippen LogP contribution in [0.3, 0.4) is 0 Å². The molecule has 0 saturated carbocycles. The minimum atomic E-state index is -0.540. The second-order valence-corrected chi connectivity index (χ2v) is 7.57. The van der Waals surface area contributed by atoms with Crippen LogP contribution in [0.4, 0.5) is 5.69 Å². The Hall–Kier alpha value is -3.32. The zero-order chi connectivity index (χ0) is 21.8. The highest BCUT2D eigenvalue weighted by atomic mass is 35.5. The van der Waals surface area contributed by atoms with Gasteiger partial charge in [-0.1, -0.05) is 11.6 Å². The molecule has 0 bridgehead atoms. The van der Waals surface area contributed by atoms with Crippen LogP contribution in [0, 0.1) is 0 Å². The van der Waals surface area contributed by atoms with Crippen molar-refractivity contribution in [3.05, 3.63) is 65.3 Å². The van der Waals surface area contributed by atoms with Crippen molar-refractivity contribution in [3.8, 4) is 5.75 Å². The Bertz CT molecular complexity index is 1100. The Morgan fingerprint density at radius 1 is 1.00 bits per heavy atom. The van der Waals surface area contributed by atoms with Gasteiger partial charge in [0.05, 0.1) is 18.2 Å². The number of nitrogens with zero attached hydrogens (tertiary/aromatic N) is 3. The summed E-state index contributed by atoms with van der Waals surface area (Å²) < 4.78 is 10.4. The van der Waals surface area contributed by atoms with Gasteiger partial charge in [0.15, 0.2) is 6.61 Å². The van der Waals surface area contributed by atoms with Crippen LogP contribution >= 0.6 is 11.6 Å². The Balaban J connectivity index is 1.29. The summed E-state index contributed by atoms with van der Waals surface area (Å²) >= 11 is 5.88. The van der Waals surface area contributed by atoms with Crippen LogP contribution in [-0.4, -0.2) is 61.7 Å². The lowest BCUT2D eigenvalue weighted by molar-refractivity contribution is -0.134. The van der Waals surface area contributed by atoms with E-state index in [0.717, 1.165) is 16.8 Å². The highest BCUT2D eigenvalue weighted by Gasteiger charge is 2.22. The van der Waals surface area contributed by atoms with E-state index < -0.39 is 5.97 Å². The summed E-state index contributed by atoms with van der Waals surface area (Å²) in [6, 6.07) is 16.3. The van der Waals surface area contributed by atoms with Crippen molar-refractivity contribution in [2.24, 2.45) is 0 Å². The number of amides is 1. The topological polar surface area (TPSA) is 72.0 Å². The molecule has 1 aliphatic heterocycles. The normalized spacial score (nSPS) is 13.9. The molecule has 7 nitrogen and oxygen atoms in total. The molecule has 1 amide bonds. The number of piperazine rings is 1. The van der Waals surface area contributed by atoms with E-state index in [1.54, 1.807) is 42.3 Å². The van der Waals surface area contributed by atoms with E-state index in [1.807, 2.05) is 24.3 Å². The lowest BCUT2D eigenvalue weighted by Crippen LogP contribution is -2.49. The van der Waals surface area contributed by atoms with Gasteiger partial charge in [-0.3, -0.25) is 4.79 Å². The van der Waals surface area contributed by atoms with Crippen LogP contribution in [0.15, 0.2) is 54.6 Å². The third-order valence-corrected chi connectivity index (χ3v) is 5.50. The second-order valence-electron chi connectivity index (χ2n) is 7.18. The van der Waals surface area contributed by atoms with Gasteiger partial charge in [-0.2, -0.15) is 0 Å². The molecular weight excluding hydrogens is 418 g/mol. The number of hydrogen-bond acceptors (Lipinski definition) is 6. The molecule has 4 rings (SSSR count). The Morgan fingerprint density at radius 3 is 2.45 bits per heavy atom. The summed E-state index contributed by atoms with van der Waals surface area (Å²) in [6.45, 7) is 2.30. The van der Waals surface area contributed by atoms with Crippen LogP contribution in [0.25, 0.3) is 10.9 Å². The average Bonchev–Trinajstić information content (AvgIpc) is 2.82. The van der Waals surface area contributed by atoms with Crippen LogP contribution in [0.5, 0.6) is 5.75 Å². The summed E-state index contributed by atoms with van der Waals surface area (Å²) in [6.07, 6.45) is 0. The number of aromatic nitrogens is 1. The second kappa shape index (κ2) is 9.22. The van der Waals surface area contributed by atoms with E-state index >= 15 is 0 Å². The lowest BCUT2D eigenvalue weighted by atomic mass is 10.1. The molecule has 160 valence electrons. The fourth-order valence-corrected chi connectivity index (χ4v) is 3.69. The first-order chi connectivity index (χ1) is 15.0. The van der Waals surface area contributed by atoms with Gasteiger partial charge in [-0.25, -0.2) is 9.78 Å². The standard InChI is InChI=1S/C23H22ClN3O4/c1-30-19-6-4-18(5-7-19)26-10-12-27(13-11-26)22(28)15-31-23(29)17-2-8-20-16(14-17)3-9-21(24)25-20/h2-9,14H,10-13,15H2,1H3. The number of anilines is 1. The molecule has 0 atom stereocenters. The molecule has 0 spiro atoms. The number of methoxy groups -OCH3 is 1. The summed E-state index contributed by atoms with van der Waals surface area (Å²) in [7, 11) is 1.64. The zero-order valence-corrected chi connectivity index (χ0v) is 17.8. The number of ether oxygens (including phenoxy) is 2. The number of hydrogen-bond donors (Lipinski definition) is 0. The van der Waals surface area contributed by atoms with Crippen LogP contribution in [-0.2, 0) is 9.53 Å². The first-order valence-electron chi connectivity index (χ1n) is 9.94. The molecule has 1 aliphatic rings. The minimum absolute atomic E-state index is 0.197. The fraction of sp³-hybridized carbons (Fsp3) is 0.261. The summed E-state index contributed by atoms with van der Waals surface area (Å²) in [5.41, 5.74) is 2.15. The van der Waals surface area contributed by atoms with Crippen LogP contribution < -0.4 is 9.64 Å². The molecule has 8 heteroatoms. The molecule has 2 aromatic carbocycles. The minimum Gasteiger partial charge on any atom is -0.497 e. The van der Waals surface area contributed by atoms with Gasteiger partial charge in [0.1, 0.15) is 10.9 Å². The van der Waals surface area contributed by atoms with Gasteiger partial charge >= 0.3 is 5.97 Å². The van der Waals surface area contributed by atoms with Crippen molar-refractivity contribution >= 4 is 40.1 Å². The maximum absolute atomic E-state index is 12.5. The Kier molecular flexibility index (Phi) is 6.23. The number of halogens is 1. The van der Waals surface area contributed by atoms with Gasteiger partial charge in [-0.05, 0) is 54.6 Å². The number of esters is 1. The van der Waals surface area contributed by atoms with Crippen molar-refractivity contribution in [2.45, 2.75) is 0 Å². The summed E-state index contributed by atoms with van der Waals surface area (Å²) in [4.78, 5) is 33.0. The van der Waals surface area contributed by atoms with E-state index in [1.165, 1.54) is 0 Å². The van der Waals surface area contributed by atoms with Gasteiger partial charge < -0.3 is 19.3 Å². The number of carbonyl (C=O) groups is 2. The first kappa shape index (κ1) is 20.9. The van der Waals surface area contributed by atoms with Crippen molar-refractivity contribution in [1.29, 1.82) is 0 Å². The zero-order valence-electron chi connectivity index (χ0n) is 17.1. The van der Waals surface area contributed by atoms with Crippen molar-refractivity contribution in [3.63, 3.8) is 0 Å². The van der Waals surface area contributed by atoms with Gasteiger partial charge in [0.2, 0.25) is 0 Å². The van der Waals surface area contributed by atoms with Gasteiger partial charge in [0.25, 0.3) is 5.91 Å². The van der Waals surface area contributed by atoms with E-state index in [2.05, 4.69) is 9.88 Å². The molecule has 31 heavy (non-hydrogen) atoms. The van der Waals surface area contributed by atoms with E-state index in [-0.39, 0.29) is 12.5 Å². The number of carbonyl (C=O) groups excluding carboxylic acids is 2. The molecule has 0 N–H and O–H groups in total. The van der Waals surface area contributed by atoms with Crippen molar-refractivity contribution < 1.29 is 19.1 Å². The third-order valence-electron chi connectivity index (χ3n) is 5.29. The molecule has 1 fully saturated rings.